The minimum atomic E-state index is -0.608. The Morgan fingerprint density at radius 1 is 1.32 bits per heavy atom. The van der Waals surface area contributed by atoms with Gasteiger partial charge in [-0.1, -0.05) is 0 Å². The highest BCUT2D eigenvalue weighted by atomic mass is 16.3. The van der Waals surface area contributed by atoms with E-state index in [1.165, 1.54) is 0 Å². The van der Waals surface area contributed by atoms with Gasteiger partial charge < -0.3 is 20.3 Å². The van der Waals surface area contributed by atoms with Gasteiger partial charge in [-0.15, -0.1) is 0 Å². The van der Waals surface area contributed by atoms with Crippen molar-refractivity contribution in [3.8, 4) is 0 Å². The van der Waals surface area contributed by atoms with Gasteiger partial charge in [0, 0.05) is 69.6 Å². The lowest BCUT2D eigenvalue weighted by molar-refractivity contribution is 0.0653. The number of rotatable bonds is 5. The minimum Gasteiger partial charge on any atom is -0.390 e. The van der Waals surface area contributed by atoms with Gasteiger partial charge in [-0.05, 0) is 6.92 Å². The predicted molar refractivity (Wildman–Crippen MR) is 92.0 cm³/mol. The summed E-state index contributed by atoms with van der Waals surface area (Å²) in [5.74, 6) is 0.717. The normalized spacial score (nSPS) is 18.8. The Morgan fingerprint density at radius 2 is 2.12 bits per heavy atom. The second kappa shape index (κ2) is 8.04. The van der Waals surface area contributed by atoms with Crippen LogP contribution < -0.4 is 5.32 Å². The molecule has 134 valence electrons. The number of nitrogens with one attached hydrogen (secondary N) is 2. The zero-order valence-electron chi connectivity index (χ0n) is 14.2. The third-order valence-corrected chi connectivity index (χ3v) is 4.02. The average molecular weight is 345 g/mol. The second-order valence-corrected chi connectivity index (χ2v) is 6.02. The third-order valence-electron chi connectivity index (χ3n) is 4.02. The van der Waals surface area contributed by atoms with Crippen LogP contribution in [0.5, 0.6) is 0 Å². The van der Waals surface area contributed by atoms with Gasteiger partial charge in [0.25, 0.3) is 5.91 Å². The van der Waals surface area contributed by atoms with Gasteiger partial charge in [-0.25, -0.2) is 15.0 Å². The van der Waals surface area contributed by atoms with Crippen molar-refractivity contribution >= 4 is 11.9 Å². The Hall–Kier alpha value is -2.52. The van der Waals surface area contributed by atoms with Crippen molar-refractivity contribution in [3.63, 3.8) is 0 Å². The highest BCUT2D eigenvalue weighted by molar-refractivity contribution is 5.90. The molecule has 9 nitrogen and oxygen atoms in total. The summed E-state index contributed by atoms with van der Waals surface area (Å²) < 4.78 is 0. The lowest BCUT2D eigenvalue weighted by Gasteiger charge is -2.21. The minimum absolute atomic E-state index is 0.191. The van der Waals surface area contributed by atoms with E-state index in [9.17, 15) is 9.90 Å². The first-order valence-corrected chi connectivity index (χ1v) is 8.39. The molecular weight excluding hydrogens is 322 g/mol. The number of carbonyl (C=O) groups excluding carboxylic acids is 1. The number of anilines is 1. The molecular formula is C16H23N7O2. The third kappa shape index (κ3) is 4.52. The maximum absolute atomic E-state index is 12.4. The zero-order valence-corrected chi connectivity index (χ0v) is 14.2. The molecule has 0 radical (unpaired) electrons. The summed E-state index contributed by atoms with van der Waals surface area (Å²) in [6.07, 6.45) is 6.13. The second-order valence-electron chi connectivity index (χ2n) is 6.02. The van der Waals surface area contributed by atoms with Crippen molar-refractivity contribution in [3.05, 3.63) is 36.2 Å². The van der Waals surface area contributed by atoms with Gasteiger partial charge in [-0.2, -0.15) is 0 Å². The molecule has 0 saturated carbocycles. The number of β-amino-alcohol motifs (C(OH)–C–C–N with tert-alkyl or cyclic N) is 1. The summed E-state index contributed by atoms with van der Waals surface area (Å²) in [6.45, 7) is 5.39. The van der Waals surface area contributed by atoms with Crippen molar-refractivity contribution in [1.29, 1.82) is 0 Å². The number of carbonyl (C=O) groups is 1. The van der Waals surface area contributed by atoms with Gasteiger partial charge in [0.05, 0.1) is 6.10 Å². The first-order valence-electron chi connectivity index (χ1n) is 8.39. The molecule has 2 aromatic rings. The van der Waals surface area contributed by atoms with E-state index in [4.69, 9.17) is 0 Å². The van der Waals surface area contributed by atoms with Crippen LogP contribution in [0.25, 0.3) is 0 Å². The van der Waals surface area contributed by atoms with Crippen LogP contribution in [0, 0.1) is 0 Å². The van der Waals surface area contributed by atoms with Crippen LogP contribution >= 0.6 is 0 Å². The van der Waals surface area contributed by atoms with E-state index in [1.54, 1.807) is 29.7 Å². The first-order chi connectivity index (χ1) is 12.2. The molecule has 1 amide bonds. The van der Waals surface area contributed by atoms with Gasteiger partial charge in [0.2, 0.25) is 5.95 Å². The number of imidazole rings is 1. The summed E-state index contributed by atoms with van der Waals surface area (Å²) in [5, 5.41) is 13.3. The van der Waals surface area contributed by atoms with Crippen LogP contribution in [0.4, 0.5) is 5.95 Å². The smallest absolute Gasteiger partial charge is 0.289 e. The lowest BCUT2D eigenvalue weighted by Crippen LogP contribution is -2.38. The number of aromatic nitrogens is 4. The molecule has 9 heteroatoms. The van der Waals surface area contributed by atoms with Crippen LogP contribution in [0.3, 0.4) is 0 Å². The fourth-order valence-electron chi connectivity index (χ4n) is 2.86. The van der Waals surface area contributed by atoms with E-state index in [2.05, 4.69) is 30.2 Å². The number of H-pyrrole nitrogens is 1. The van der Waals surface area contributed by atoms with E-state index in [0.717, 1.165) is 12.1 Å². The molecule has 1 aliphatic heterocycles. The van der Waals surface area contributed by atoms with E-state index in [0.29, 0.717) is 44.5 Å². The van der Waals surface area contributed by atoms with Gasteiger partial charge >= 0.3 is 0 Å². The SMILES string of the molecule is CCNc1ncc(CN2CCN(C(=O)c3ncc[nH]3)CC(O)C2)cn1. The Labute approximate surface area is 146 Å². The maximum atomic E-state index is 12.4. The monoisotopic (exact) mass is 345 g/mol. The molecule has 25 heavy (non-hydrogen) atoms. The molecule has 0 bridgehead atoms. The molecule has 1 saturated heterocycles. The molecule has 3 heterocycles. The first kappa shape index (κ1) is 17.3. The van der Waals surface area contributed by atoms with E-state index < -0.39 is 6.10 Å². The summed E-state index contributed by atoms with van der Waals surface area (Å²) in [4.78, 5) is 31.5. The summed E-state index contributed by atoms with van der Waals surface area (Å²) >= 11 is 0. The molecule has 1 aliphatic rings. The van der Waals surface area contributed by atoms with Crippen molar-refractivity contribution in [2.75, 3.05) is 38.0 Å². The topological polar surface area (TPSA) is 110 Å². The van der Waals surface area contributed by atoms with Crippen LogP contribution in [-0.2, 0) is 6.54 Å². The van der Waals surface area contributed by atoms with Gasteiger partial charge in [0.1, 0.15) is 0 Å². The quantitative estimate of drug-likeness (QED) is 0.697. The molecule has 0 spiro atoms. The lowest BCUT2D eigenvalue weighted by atomic mass is 10.2. The molecule has 1 unspecified atom stereocenters. The number of aliphatic hydroxyl groups is 1. The van der Waals surface area contributed by atoms with Gasteiger partial charge in [-0.3, -0.25) is 9.69 Å². The molecule has 0 aliphatic carbocycles. The standard InChI is InChI=1S/C16H23N7O2/c1-2-17-16-20-7-12(8-21-16)9-22-5-6-23(11-13(24)10-22)15(25)14-18-3-4-19-14/h3-4,7-8,13,24H,2,5-6,9-11H2,1H3,(H,18,19)(H,17,20,21). The fraction of sp³-hybridized carbons (Fsp3) is 0.500. The van der Waals surface area contributed by atoms with Crippen LogP contribution in [0.2, 0.25) is 0 Å². The largest absolute Gasteiger partial charge is 0.390 e. The van der Waals surface area contributed by atoms with Crippen LogP contribution in [0.15, 0.2) is 24.8 Å². The Kier molecular flexibility index (Phi) is 5.56. The van der Waals surface area contributed by atoms with E-state index in [-0.39, 0.29) is 5.91 Å². The highest BCUT2D eigenvalue weighted by Gasteiger charge is 2.26. The molecule has 2 aromatic heterocycles. The Bertz CT molecular complexity index is 674. The highest BCUT2D eigenvalue weighted by Crippen LogP contribution is 2.11. The van der Waals surface area contributed by atoms with Crippen molar-refractivity contribution in [2.24, 2.45) is 0 Å². The number of aromatic amines is 1. The van der Waals surface area contributed by atoms with Crippen LogP contribution in [-0.4, -0.2) is 79.6 Å². The molecule has 3 N–H and O–H groups in total. The van der Waals surface area contributed by atoms with E-state index in [1.807, 2.05) is 6.92 Å². The van der Waals surface area contributed by atoms with Crippen molar-refractivity contribution in [2.45, 2.75) is 19.6 Å². The predicted octanol–water partition coefficient (Wildman–Crippen LogP) is -0.0496. The number of nitrogens with zero attached hydrogens (tertiary/aromatic N) is 5. The summed E-state index contributed by atoms with van der Waals surface area (Å²) in [7, 11) is 0. The number of amides is 1. The number of aliphatic hydroxyl groups excluding tert-OH is 1. The summed E-state index contributed by atoms with van der Waals surface area (Å²) in [5.41, 5.74) is 0.972. The van der Waals surface area contributed by atoms with Gasteiger partial charge in [0.15, 0.2) is 5.82 Å². The molecule has 0 aromatic carbocycles. The van der Waals surface area contributed by atoms with E-state index >= 15 is 0 Å². The molecule has 1 fully saturated rings. The average Bonchev–Trinajstić information content (AvgIpc) is 3.07. The molecule has 1 atom stereocenters. The number of hydrogen-bond donors (Lipinski definition) is 3. The van der Waals surface area contributed by atoms with Crippen molar-refractivity contribution in [1.82, 2.24) is 29.7 Å². The zero-order chi connectivity index (χ0) is 17.6. The Balaban J connectivity index is 1.60. The van der Waals surface area contributed by atoms with Crippen LogP contribution in [0.1, 0.15) is 23.1 Å². The fourth-order valence-corrected chi connectivity index (χ4v) is 2.86. The Morgan fingerprint density at radius 3 is 2.80 bits per heavy atom. The van der Waals surface area contributed by atoms with Crippen molar-refractivity contribution < 1.29 is 9.90 Å². The molecule has 3 rings (SSSR count). The number of hydrogen-bond acceptors (Lipinski definition) is 7. The maximum Gasteiger partial charge on any atom is 0.289 e. The summed E-state index contributed by atoms with van der Waals surface area (Å²) in [6, 6.07) is 0.